The second kappa shape index (κ2) is 8.44. The molecule has 0 aliphatic heterocycles. The van der Waals surface area contributed by atoms with Gasteiger partial charge in [-0.3, -0.25) is 0 Å². The van der Waals surface area contributed by atoms with Crippen molar-refractivity contribution in [3.05, 3.63) is 70.0 Å². The highest BCUT2D eigenvalue weighted by Crippen LogP contribution is 2.28. The normalized spacial score (nSPS) is 17.4. The standard InChI is InChI=1S/C14H20N.C13H18N/c1-15-13-8-4-2-6-11(13)10-12-7-3-5-9-14(12)15;1-14(2,3)10-12-9-8-11-6-4-5-7-13(11)12/h10H,2-9H2,1H3;4-7,9H,8,10H2,1-3H3/q2*+1. The molecule has 3 aliphatic carbocycles. The molecule has 0 amide bonds. The van der Waals surface area contributed by atoms with Crippen molar-refractivity contribution in [1.29, 1.82) is 0 Å². The first-order chi connectivity index (χ1) is 13.9. The van der Waals surface area contributed by atoms with Crippen LogP contribution in [0.4, 0.5) is 0 Å². The maximum atomic E-state index is 2.52. The van der Waals surface area contributed by atoms with Gasteiger partial charge in [-0.2, -0.15) is 0 Å². The Balaban J connectivity index is 0.000000142. The van der Waals surface area contributed by atoms with Crippen LogP contribution in [0.3, 0.4) is 0 Å². The van der Waals surface area contributed by atoms with Crippen molar-refractivity contribution in [3.63, 3.8) is 0 Å². The molecule has 0 bridgehead atoms. The van der Waals surface area contributed by atoms with Gasteiger partial charge in [0.15, 0.2) is 11.4 Å². The average molecular weight is 391 g/mol. The van der Waals surface area contributed by atoms with Crippen LogP contribution in [0, 0.1) is 0 Å². The van der Waals surface area contributed by atoms with Gasteiger partial charge in [-0.1, -0.05) is 30.3 Å². The van der Waals surface area contributed by atoms with Crippen LogP contribution < -0.4 is 4.57 Å². The van der Waals surface area contributed by atoms with E-state index in [0.29, 0.717) is 0 Å². The largest absolute Gasteiger partial charge is 0.327 e. The maximum Gasteiger partial charge on any atom is 0.184 e. The number of benzene rings is 1. The molecule has 5 rings (SSSR count). The molecule has 2 aromatic rings. The Bertz CT molecular complexity index is 881. The fourth-order valence-corrected chi connectivity index (χ4v) is 5.29. The van der Waals surface area contributed by atoms with Crippen molar-refractivity contribution in [2.24, 2.45) is 7.05 Å². The number of allylic oxidation sites excluding steroid dienone is 1. The fraction of sp³-hybridized carbons (Fsp3) is 0.519. The summed E-state index contributed by atoms with van der Waals surface area (Å²) in [5.74, 6) is 0. The van der Waals surface area contributed by atoms with Gasteiger partial charge in [-0.25, -0.2) is 4.57 Å². The zero-order valence-corrected chi connectivity index (χ0v) is 18.9. The summed E-state index contributed by atoms with van der Waals surface area (Å²) in [6, 6.07) is 11.2. The van der Waals surface area contributed by atoms with Gasteiger partial charge < -0.3 is 4.48 Å². The second-order valence-electron chi connectivity index (χ2n) is 10.1. The summed E-state index contributed by atoms with van der Waals surface area (Å²) in [5, 5.41) is 0. The first-order valence-electron chi connectivity index (χ1n) is 11.5. The Morgan fingerprint density at radius 1 is 0.793 bits per heavy atom. The van der Waals surface area contributed by atoms with Gasteiger partial charge >= 0.3 is 0 Å². The molecule has 1 aromatic heterocycles. The van der Waals surface area contributed by atoms with Crippen LogP contribution in [0.15, 0.2) is 36.4 Å². The van der Waals surface area contributed by atoms with E-state index in [-0.39, 0.29) is 0 Å². The van der Waals surface area contributed by atoms with E-state index in [1.165, 1.54) is 68.1 Å². The summed E-state index contributed by atoms with van der Waals surface area (Å²) in [7, 11) is 9.00. The number of likely N-dealkylation sites (N-methyl/N-ethyl adjacent to an activating group) is 1. The quantitative estimate of drug-likeness (QED) is 0.521. The molecule has 0 spiro atoms. The van der Waals surface area contributed by atoms with Crippen LogP contribution in [0.2, 0.25) is 0 Å². The van der Waals surface area contributed by atoms with Crippen LogP contribution in [-0.4, -0.2) is 32.2 Å². The van der Waals surface area contributed by atoms with Gasteiger partial charge in [0.2, 0.25) is 0 Å². The molecule has 2 nitrogen and oxygen atoms in total. The first-order valence-corrected chi connectivity index (χ1v) is 11.5. The van der Waals surface area contributed by atoms with E-state index in [9.17, 15) is 0 Å². The van der Waals surface area contributed by atoms with Crippen molar-refractivity contribution < 1.29 is 9.05 Å². The summed E-state index contributed by atoms with van der Waals surface area (Å²) >= 11 is 0. The zero-order valence-electron chi connectivity index (χ0n) is 18.9. The molecule has 29 heavy (non-hydrogen) atoms. The maximum absolute atomic E-state index is 2.52. The SMILES string of the molecule is C[N+](C)(C)CC1=CCc2ccccc21.C[n+]1c2c(cc3c1CCCC3)CCCC2. The lowest BCUT2D eigenvalue weighted by Gasteiger charge is -2.24. The molecule has 3 aliphatic rings. The molecule has 0 unspecified atom stereocenters. The number of nitrogens with zero attached hydrogens (tertiary/aromatic N) is 2. The first kappa shape index (κ1) is 20.3. The van der Waals surface area contributed by atoms with Crippen LogP contribution in [0.25, 0.3) is 5.57 Å². The van der Waals surface area contributed by atoms with Gasteiger partial charge in [0.25, 0.3) is 0 Å². The van der Waals surface area contributed by atoms with E-state index in [1.54, 1.807) is 22.5 Å². The summed E-state index contributed by atoms with van der Waals surface area (Å²) in [6.07, 6.45) is 14.3. The molecule has 1 aromatic carbocycles. The van der Waals surface area contributed by atoms with Crippen LogP contribution >= 0.6 is 0 Å². The molecule has 154 valence electrons. The molecule has 0 saturated heterocycles. The molecule has 0 fully saturated rings. The van der Waals surface area contributed by atoms with Gasteiger partial charge in [0.1, 0.15) is 13.6 Å². The minimum absolute atomic E-state index is 1.00. The van der Waals surface area contributed by atoms with E-state index in [2.05, 4.69) is 69.2 Å². The number of hydrogen-bond acceptors (Lipinski definition) is 0. The molecule has 0 N–H and O–H groups in total. The van der Waals surface area contributed by atoms with Crippen molar-refractivity contribution >= 4 is 5.57 Å². The third kappa shape index (κ3) is 4.64. The highest BCUT2D eigenvalue weighted by Gasteiger charge is 2.26. The third-order valence-corrected chi connectivity index (χ3v) is 6.70. The van der Waals surface area contributed by atoms with E-state index in [0.717, 1.165) is 17.4 Å². The Hall–Kier alpha value is -1.93. The van der Waals surface area contributed by atoms with Gasteiger partial charge in [0, 0.05) is 29.5 Å². The summed E-state index contributed by atoms with van der Waals surface area (Å²) in [6.45, 7) is 1.12. The predicted octanol–water partition coefficient (Wildman–Crippen LogP) is 4.60. The summed E-state index contributed by atoms with van der Waals surface area (Å²) < 4.78 is 3.52. The minimum atomic E-state index is 1.00. The number of rotatable bonds is 2. The smallest absolute Gasteiger partial charge is 0.184 e. The number of pyridine rings is 1. The monoisotopic (exact) mass is 390 g/mol. The Labute approximate surface area is 177 Å². The molecule has 0 saturated carbocycles. The molecule has 2 heteroatoms. The zero-order chi connectivity index (χ0) is 20.4. The van der Waals surface area contributed by atoms with Crippen LogP contribution in [-0.2, 0) is 39.2 Å². The van der Waals surface area contributed by atoms with Gasteiger partial charge in [0.05, 0.1) is 21.1 Å². The topological polar surface area (TPSA) is 3.88 Å². The number of aryl methyl sites for hydroxylation is 2. The number of hydrogen-bond donors (Lipinski definition) is 0. The third-order valence-electron chi connectivity index (χ3n) is 6.70. The van der Waals surface area contributed by atoms with Crippen LogP contribution in [0.5, 0.6) is 0 Å². The number of fused-ring (bicyclic) bond motifs is 3. The fourth-order valence-electron chi connectivity index (χ4n) is 5.29. The van der Waals surface area contributed by atoms with Crippen molar-refractivity contribution in [1.82, 2.24) is 0 Å². The van der Waals surface area contributed by atoms with Gasteiger partial charge in [-0.05, 0) is 62.1 Å². The van der Waals surface area contributed by atoms with E-state index in [4.69, 9.17) is 0 Å². The predicted molar refractivity (Wildman–Crippen MR) is 122 cm³/mol. The van der Waals surface area contributed by atoms with E-state index >= 15 is 0 Å². The highest BCUT2D eigenvalue weighted by atomic mass is 15.3. The Morgan fingerprint density at radius 2 is 1.38 bits per heavy atom. The Kier molecular flexibility index (Phi) is 5.92. The van der Waals surface area contributed by atoms with Crippen LogP contribution in [0.1, 0.15) is 59.3 Å². The number of quaternary nitrogens is 1. The highest BCUT2D eigenvalue weighted by molar-refractivity contribution is 5.73. The minimum Gasteiger partial charge on any atom is -0.327 e. The molecule has 0 radical (unpaired) electrons. The van der Waals surface area contributed by atoms with Crippen molar-refractivity contribution in [2.75, 3.05) is 27.7 Å². The lowest BCUT2D eigenvalue weighted by Crippen LogP contribution is -2.42. The lowest BCUT2D eigenvalue weighted by atomic mass is 9.88. The van der Waals surface area contributed by atoms with E-state index in [1.807, 2.05) is 0 Å². The average Bonchev–Trinajstić information content (AvgIpc) is 3.10. The van der Waals surface area contributed by atoms with Crippen molar-refractivity contribution in [2.45, 2.75) is 57.8 Å². The van der Waals surface area contributed by atoms with Crippen molar-refractivity contribution in [3.8, 4) is 0 Å². The molecular formula is C27H38N2+2. The molecular weight excluding hydrogens is 352 g/mol. The van der Waals surface area contributed by atoms with Gasteiger partial charge in [-0.15, -0.1) is 0 Å². The second-order valence-corrected chi connectivity index (χ2v) is 10.1. The molecule has 1 heterocycles. The molecule has 0 atom stereocenters. The summed E-state index contributed by atoms with van der Waals surface area (Å²) in [4.78, 5) is 0. The van der Waals surface area contributed by atoms with E-state index < -0.39 is 0 Å². The number of aromatic nitrogens is 1. The lowest BCUT2D eigenvalue weighted by molar-refractivity contribution is -0.862. The Morgan fingerprint density at radius 3 is 2.00 bits per heavy atom. The summed E-state index contributed by atoms with van der Waals surface area (Å²) in [5.41, 5.74) is 11.0.